The van der Waals surface area contributed by atoms with Crippen molar-refractivity contribution in [3.05, 3.63) is 28.2 Å². The van der Waals surface area contributed by atoms with Gasteiger partial charge in [-0.1, -0.05) is 22.9 Å². The average molecular weight is 297 g/mol. The molecule has 0 bridgehead atoms. The lowest BCUT2D eigenvalue weighted by Gasteiger charge is -2.38. The molecule has 0 aromatic heterocycles. The van der Waals surface area contributed by atoms with Crippen LogP contribution in [0.25, 0.3) is 0 Å². The van der Waals surface area contributed by atoms with E-state index in [1.165, 1.54) is 5.56 Å². The summed E-state index contributed by atoms with van der Waals surface area (Å²) in [5, 5.41) is 0. The summed E-state index contributed by atoms with van der Waals surface area (Å²) in [4.78, 5) is 0. The van der Waals surface area contributed by atoms with Crippen LogP contribution >= 0.6 is 15.9 Å². The number of halogens is 1. The molecular formula is C14H17BrO2. The van der Waals surface area contributed by atoms with E-state index in [-0.39, 0.29) is 16.8 Å². The molecule has 0 radical (unpaired) electrons. The fourth-order valence-electron chi connectivity index (χ4n) is 3.12. The highest BCUT2D eigenvalue weighted by molar-refractivity contribution is 9.10. The van der Waals surface area contributed by atoms with Gasteiger partial charge in [0.25, 0.3) is 0 Å². The van der Waals surface area contributed by atoms with Crippen LogP contribution in [0.4, 0.5) is 0 Å². The van der Waals surface area contributed by atoms with Crippen molar-refractivity contribution < 1.29 is 9.47 Å². The Morgan fingerprint density at radius 1 is 1.24 bits per heavy atom. The van der Waals surface area contributed by atoms with Gasteiger partial charge >= 0.3 is 0 Å². The second-order valence-electron chi connectivity index (χ2n) is 5.57. The first kappa shape index (κ1) is 11.5. The van der Waals surface area contributed by atoms with E-state index >= 15 is 0 Å². The van der Waals surface area contributed by atoms with Crippen molar-refractivity contribution in [1.82, 2.24) is 0 Å². The molecular weight excluding hydrogens is 280 g/mol. The number of benzene rings is 1. The van der Waals surface area contributed by atoms with Crippen LogP contribution in [-0.4, -0.2) is 11.2 Å². The maximum absolute atomic E-state index is 6.15. The molecule has 2 nitrogen and oxygen atoms in total. The molecule has 0 amide bonds. The Labute approximate surface area is 110 Å². The highest BCUT2D eigenvalue weighted by Crippen LogP contribution is 2.68. The van der Waals surface area contributed by atoms with Crippen LogP contribution in [0.3, 0.4) is 0 Å². The highest BCUT2D eigenvalue weighted by atomic mass is 79.9. The van der Waals surface area contributed by atoms with Gasteiger partial charge in [-0.3, -0.25) is 0 Å². The topological polar surface area (TPSA) is 21.8 Å². The first-order chi connectivity index (χ1) is 7.86. The quantitative estimate of drug-likeness (QED) is 0.730. The van der Waals surface area contributed by atoms with Crippen molar-refractivity contribution in [3.8, 4) is 5.75 Å². The summed E-state index contributed by atoms with van der Waals surface area (Å²) in [6.07, 6.45) is 0.972. The third-order valence-electron chi connectivity index (χ3n) is 4.50. The molecule has 2 heterocycles. The Morgan fingerprint density at radius 3 is 2.59 bits per heavy atom. The molecule has 0 spiro atoms. The molecule has 2 atom stereocenters. The van der Waals surface area contributed by atoms with Gasteiger partial charge < -0.3 is 9.47 Å². The van der Waals surface area contributed by atoms with Gasteiger partial charge in [0, 0.05) is 10.0 Å². The van der Waals surface area contributed by atoms with Gasteiger partial charge in [0.15, 0.2) is 0 Å². The minimum absolute atomic E-state index is 0.173. The molecule has 1 fully saturated rings. The molecule has 0 N–H and O–H groups in total. The lowest BCUT2D eigenvalue weighted by Crippen LogP contribution is -2.50. The largest absolute Gasteiger partial charge is 0.484 e. The van der Waals surface area contributed by atoms with Crippen molar-refractivity contribution in [2.45, 2.75) is 50.9 Å². The second kappa shape index (κ2) is 3.07. The van der Waals surface area contributed by atoms with E-state index < -0.39 is 0 Å². The maximum Gasteiger partial charge on any atom is 0.139 e. The molecule has 0 saturated carbocycles. The lowest BCUT2D eigenvalue weighted by atomic mass is 9.74. The molecule has 0 aliphatic carbocycles. The number of ether oxygens (including phenoxy) is 2. The Bertz CT molecular complexity index is 497. The Hall–Kier alpha value is -0.540. The Morgan fingerprint density at radius 2 is 1.94 bits per heavy atom. The Kier molecular flexibility index (Phi) is 2.08. The molecule has 17 heavy (non-hydrogen) atoms. The second-order valence-corrected chi connectivity index (χ2v) is 6.48. The summed E-state index contributed by atoms with van der Waals surface area (Å²) in [5.74, 6) is 0.954. The molecule has 2 aliphatic heterocycles. The summed E-state index contributed by atoms with van der Waals surface area (Å²) in [5.41, 5.74) is 0.497. The van der Waals surface area contributed by atoms with E-state index in [9.17, 15) is 0 Å². The standard InChI is InChI=1S/C14H17BrO2/c1-5-14-10-8-9(15)6-7-11(10)16-12(2,3)13(14,4)17-14/h6-8H,5H2,1-4H3/t13-,14+/m0/s1. The monoisotopic (exact) mass is 296 g/mol. The first-order valence-corrected chi connectivity index (χ1v) is 6.85. The van der Waals surface area contributed by atoms with Gasteiger partial charge in [-0.05, 0) is 45.4 Å². The molecule has 1 aromatic rings. The molecule has 3 rings (SSSR count). The molecule has 1 saturated heterocycles. The van der Waals surface area contributed by atoms with Gasteiger partial charge in [0.05, 0.1) is 0 Å². The van der Waals surface area contributed by atoms with E-state index in [4.69, 9.17) is 9.47 Å². The molecule has 3 heteroatoms. The van der Waals surface area contributed by atoms with E-state index in [1.807, 2.05) is 12.1 Å². The van der Waals surface area contributed by atoms with E-state index in [1.54, 1.807) is 0 Å². The number of hydrogen-bond donors (Lipinski definition) is 0. The summed E-state index contributed by atoms with van der Waals surface area (Å²) in [6.45, 7) is 8.54. The Balaban J connectivity index is 2.23. The van der Waals surface area contributed by atoms with E-state index in [2.05, 4.69) is 49.7 Å². The van der Waals surface area contributed by atoms with Gasteiger partial charge in [0.2, 0.25) is 0 Å². The van der Waals surface area contributed by atoms with Gasteiger partial charge in [-0.25, -0.2) is 0 Å². The summed E-state index contributed by atoms with van der Waals surface area (Å²) < 4.78 is 13.3. The van der Waals surface area contributed by atoms with Crippen molar-refractivity contribution in [2.75, 3.05) is 0 Å². The van der Waals surface area contributed by atoms with Crippen LogP contribution in [0.2, 0.25) is 0 Å². The van der Waals surface area contributed by atoms with Crippen molar-refractivity contribution in [3.63, 3.8) is 0 Å². The molecule has 1 aromatic carbocycles. The zero-order valence-corrected chi connectivity index (χ0v) is 12.2. The van der Waals surface area contributed by atoms with Crippen LogP contribution < -0.4 is 4.74 Å². The van der Waals surface area contributed by atoms with Crippen LogP contribution in [0.15, 0.2) is 22.7 Å². The molecule has 92 valence electrons. The SMILES string of the molecule is CC[C@]12O[C@@]1(C)C(C)(C)Oc1ccc(Br)cc12. The van der Waals surface area contributed by atoms with Crippen molar-refractivity contribution in [2.24, 2.45) is 0 Å². The fraction of sp³-hybridized carbons (Fsp3) is 0.571. The van der Waals surface area contributed by atoms with Gasteiger partial charge in [-0.2, -0.15) is 0 Å². The minimum Gasteiger partial charge on any atom is -0.484 e. The van der Waals surface area contributed by atoms with E-state index in [0.717, 1.165) is 16.6 Å². The van der Waals surface area contributed by atoms with Gasteiger partial charge in [-0.15, -0.1) is 0 Å². The van der Waals surface area contributed by atoms with E-state index in [0.29, 0.717) is 0 Å². The third-order valence-corrected chi connectivity index (χ3v) is 4.99. The first-order valence-electron chi connectivity index (χ1n) is 6.05. The van der Waals surface area contributed by atoms with Crippen LogP contribution in [0.5, 0.6) is 5.75 Å². The number of hydrogen-bond acceptors (Lipinski definition) is 2. The maximum atomic E-state index is 6.15. The normalized spacial score (nSPS) is 36.8. The fourth-order valence-corrected chi connectivity index (χ4v) is 3.48. The predicted octanol–water partition coefficient (Wildman–Crippen LogP) is 4.01. The molecule has 2 aliphatic rings. The van der Waals surface area contributed by atoms with Crippen molar-refractivity contribution >= 4 is 15.9 Å². The highest BCUT2D eigenvalue weighted by Gasteiger charge is 2.77. The molecule has 0 unspecified atom stereocenters. The third kappa shape index (κ3) is 1.19. The smallest absolute Gasteiger partial charge is 0.139 e. The minimum atomic E-state index is -0.288. The predicted molar refractivity (Wildman–Crippen MR) is 70.3 cm³/mol. The van der Waals surface area contributed by atoms with Gasteiger partial charge in [0.1, 0.15) is 22.6 Å². The zero-order valence-electron chi connectivity index (χ0n) is 10.6. The van der Waals surface area contributed by atoms with Crippen LogP contribution in [-0.2, 0) is 10.3 Å². The van der Waals surface area contributed by atoms with Crippen LogP contribution in [0, 0.1) is 0 Å². The average Bonchev–Trinajstić information content (AvgIpc) is 2.90. The summed E-state index contributed by atoms with van der Waals surface area (Å²) >= 11 is 3.52. The zero-order chi connectivity index (χ0) is 12.5. The summed E-state index contributed by atoms with van der Waals surface area (Å²) in [6, 6.07) is 6.17. The number of fused-ring (bicyclic) bond motifs is 3. The lowest BCUT2D eigenvalue weighted by molar-refractivity contribution is 0.0221. The number of rotatable bonds is 1. The number of epoxide rings is 1. The summed E-state index contributed by atoms with van der Waals surface area (Å²) in [7, 11) is 0. The van der Waals surface area contributed by atoms with Crippen LogP contribution in [0.1, 0.15) is 39.7 Å². The van der Waals surface area contributed by atoms with Crippen molar-refractivity contribution in [1.29, 1.82) is 0 Å².